The number of thiocarbonyl (C=S) groups is 1. The highest BCUT2D eigenvalue weighted by atomic mass is 79.9. The molecule has 0 saturated carbocycles. The Kier molecular flexibility index (Phi) is 5.28. The lowest BCUT2D eigenvalue weighted by Crippen LogP contribution is -2.22. The molecule has 3 rings (SSSR count). The molecule has 2 aromatic carbocycles. The summed E-state index contributed by atoms with van der Waals surface area (Å²) < 4.78 is 1.43. The SMILES string of the molecule is Cc1ccc(/C=C2/SC(=S)N(/N=C/c3ccc(Br)cc3)C2=O)cc1. The lowest BCUT2D eigenvalue weighted by Gasteiger charge is -2.06. The predicted molar refractivity (Wildman–Crippen MR) is 108 cm³/mol. The van der Waals surface area contributed by atoms with E-state index < -0.39 is 0 Å². The van der Waals surface area contributed by atoms with Gasteiger partial charge in [-0.25, -0.2) is 0 Å². The molecule has 120 valence electrons. The van der Waals surface area contributed by atoms with Gasteiger partial charge in [-0.1, -0.05) is 69.7 Å². The Balaban J connectivity index is 1.78. The van der Waals surface area contributed by atoms with Crippen LogP contribution in [0.15, 0.2) is 63.0 Å². The van der Waals surface area contributed by atoms with E-state index in [2.05, 4.69) is 21.0 Å². The number of aryl methyl sites for hydroxylation is 1. The van der Waals surface area contributed by atoms with E-state index in [4.69, 9.17) is 12.2 Å². The molecule has 1 amide bonds. The molecule has 24 heavy (non-hydrogen) atoms. The number of nitrogens with zero attached hydrogens (tertiary/aromatic N) is 2. The van der Waals surface area contributed by atoms with Crippen molar-refractivity contribution in [3.8, 4) is 0 Å². The third-order valence-corrected chi connectivity index (χ3v) is 5.15. The second-order valence-corrected chi connectivity index (χ2v) is 7.79. The average molecular weight is 417 g/mol. The van der Waals surface area contributed by atoms with E-state index in [0.29, 0.717) is 9.23 Å². The smallest absolute Gasteiger partial charge is 0.266 e. The summed E-state index contributed by atoms with van der Waals surface area (Å²) >= 11 is 9.92. The van der Waals surface area contributed by atoms with E-state index in [9.17, 15) is 4.79 Å². The second-order valence-electron chi connectivity index (χ2n) is 5.20. The normalized spacial score (nSPS) is 16.6. The summed E-state index contributed by atoms with van der Waals surface area (Å²) in [5, 5.41) is 5.50. The molecular formula is C18H13BrN2OS2. The van der Waals surface area contributed by atoms with Gasteiger partial charge in [0.2, 0.25) is 0 Å². The number of benzene rings is 2. The minimum Gasteiger partial charge on any atom is -0.266 e. The van der Waals surface area contributed by atoms with Crippen LogP contribution in [0.4, 0.5) is 0 Å². The molecule has 3 nitrogen and oxygen atoms in total. The van der Waals surface area contributed by atoms with E-state index in [-0.39, 0.29) is 5.91 Å². The van der Waals surface area contributed by atoms with Crippen molar-refractivity contribution >= 4 is 62.4 Å². The highest BCUT2D eigenvalue weighted by molar-refractivity contribution is 9.10. The van der Waals surface area contributed by atoms with Crippen LogP contribution in [0.3, 0.4) is 0 Å². The summed E-state index contributed by atoms with van der Waals surface area (Å²) in [6, 6.07) is 15.6. The summed E-state index contributed by atoms with van der Waals surface area (Å²) in [5.41, 5.74) is 3.05. The summed E-state index contributed by atoms with van der Waals surface area (Å²) in [4.78, 5) is 13.1. The van der Waals surface area contributed by atoms with Gasteiger partial charge in [0.25, 0.3) is 5.91 Å². The van der Waals surface area contributed by atoms with Crippen molar-refractivity contribution in [2.75, 3.05) is 0 Å². The van der Waals surface area contributed by atoms with Gasteiger partial charge < -0.3 is 0 Å². The Labute approximate surface area is 158 Å². The van der Waals surface area contributed by atoms with Gasteiger partial charge in [0.05, 0.1) is 11.1 Å². The monoisotopic (exact) mass is 416 g/mol. The van der Waals surface area contributed by atoms with Crippen LogP contribution < -0.4 is 0 Å². The molecule has 1 aliphatic heterocycles. The minimum absolute atomic E-state index is 0.195. The third kappa shape index (κ3) is 4.01. The minimum atomic E-state index is -0.195. The molecule has 0 radical (unpaired) electrons. The van der Waals surface area contributed by atoms with E-state index in [0.717, 1.165) is 15.6 Å². The van der Waals surface area contributed by atoms with E-state index >= 15 is 0 Å². The van der Waals surface area contributed by atoms with E-state index in [1.165, 1.54) is 22.3 Å². The summed E-state index contributed by atoms with van der Waals surface area (Å²) in [6.45, 7) is 2.03. The van der Waals surface area contributed by atoms with Gasteiger partial charge in [0, 0.05) is 4.47 Å². The Hall–Kier alpha value is -1.76. The fraction of sp³-hybridized carbons (Fsp3) is 0.0556. The topological polar surface area (TPSA) is 32.7 Å². The number of hydrogen-bond donors (Lipinski definition) is 0. The van der Waals surface area contributed by atoms with E-state index in [1.807, 2.05) is 61.5 Å². The van der Waals surface area contributed by atoms with Crippen LogP contribution in [-0.4, -0.2) is 21.5 Å². The molecule has 1 saturated heterocycles. The molecule has 0 N–H and O–H groups in total. The maximum absolute atomic E-state index is 12.5. The van der Waals surface area contributed by atoms with Crippen LogP contribution in [0.5, 0.6) is 0 Å². The van der Waals surface area contributed by atoms with E-state index in [1.54, 1.807) is 6.21 Å². The summed E-state index contributed by atoms with van der Waals surface area (Å²) in [5.74, 6) is -0.195. The number of amides is 1. The van der Waals surface area contributed by atoms with Crippen molar-refractivity contribution in [3.05, 3.63) is 74.6 Å². The zero-order valence-electron chi connectivity index (χ0n) is 12.8. The van der Waals surface area contributed by atoms with Crippen molar-refractivity contribution in [1.82, 2.24) is 5.01 Å². The summed E-state index contributed by atoms with van der Waals surface area (Å²) in [6.07, 6.45) is 3.47. The lowest BCUT2D eigenvalue weighted by molar-refractivity contribution is -0.122. The molecule has 0 spiro atoms. The van der Waals surface area contributed by atoms with Crippen molar-refractivity contribution in [2.24, 2.45) is 5.10 Å². The van der Waals surface area contributed by atoms with Crippen LogP contribution in [-0.2, 0) is 4.79 Å². The zero-order valence-corrected chi connectivity index (χ0v) is 16.0. The molecule has 2 aromatic rings. The fourth-order valence-corrected chi connectivity index (χ4v) is 3.48. The molecular weight excluding hydrogens is 404 g/mol. The molecule has 0 atom stereocenters. The second kappa shape index (κ2) is 7.42. The first-order chi connectivity index (χ1) is 11.5. The highest BCUT2D eigenvalue weighted by Crippen LogP contribution is 2.32. The van der Waals surface area contributed by atoms with Crippen LogP contribution in [0.2, 0.25) is 0 Å². The van der Waals surface area contributed by atoms with Crippen molar-refractivity contribution in [2.45, 2.75) is 6.92 Å². The number of halogens is 1. The first-order valence-corrected chi connectivity index (χ1v) is 9.19. The largest absolute Gasteiger partial charge is 0.286 e. The molecule has 1 heterocycles. The average Bonchev–Trinajstić information content (AvgIpc) is 2.83. The quantitative estimate of drug-likeness (QED) is 0.401. The van der Waals surface area contributed by atoms with Crippen molar-refractivity contribution < 1.29 is 4.79 Å². The van der Waals surface area contributed by atoms with Crippen molar-refractivity contribution in [3.63, 3.8) is 0 Å². The molecule has 6 heteroatoms. The van der Waals surface area contributed by atoms with Gasteiger partial charge in [-0.15, -0.1) is 0 Å². The molecule has 0 aliphatic carbocycles. The Bertz CT molecular complexity index is 842. The number of carbonyl (C=O) groups excluding carboxylic acids is 1. The first kappa shape index (κ1) is 17.1. The number of carbonyl (C=O) groups is 1. The van der Waals surface area contributed by atoms with Gasteiger partial charge in [-0.2, -0.15) is 10.1 Å². The molecule has 1 fully saturated rings. The fourth-order valence-electron chi connectivity index (χ4n) is 2.05. The van der Waals surface area contributed by atoms with Crippen LogP contribution in [0, 0.1) is 6.92 Å². The zero-order chi connectivity index (χ0) is 17.1. The van der Waals surface area contributed by atoms with Gasteiger partial charge in [0.1, 0.15) is 0 Å². The maximum Gasteiger partial charge on any atom is 0.286 e. The van der Waals surface area contributed by atoms with Crippen LogP contribution >= 0.6 is 39.9 Å². The van der Waals surface area contributed by atoms with Gasteiger partial charge in [0.15, 0.2) is 4.32 Å². The number of hydrazone groups is 1. The van der Waals surface area contributed by atoms with Gasteiger partial charge >= 0.3 is 0 Å². The van der Waals surface area contributed by atoms with Crippen LogP contribution in [0.1, 0.15) is 16.7 Å². The molecule has 0 aromatic heterocycles. The highest BCUT2D eigenvalue weighted by Gasteiger charge is 2.31. The summed E-state index contributed by atoms with van der Waals surface area (Å²) in [7, 11) is 0. The molecule has 0 unspecified atom stereocenters. The molecule has 0 bridgehead atoms. The van der Waals surface area contributed by atoms with Crippen molar-refractivity contribution in [1.29, 1.82) is 0 Å². The lowest BCUT2D eigenvalue weighted by atomic mass is 10.1. The Morgan fingerprint density at radius 1 is 1.08 bits per heavy atom. The standard InChI is InChI=1S/C18H13BrN2OS2/c1-12-2-4-13(5-3-12)10-16-17(22)21(18(23)24-16)20-11-14-6-8-15(19)9-7-14/h2-11H,1H3/b16-10+,20-11+. The predicted octanol–water partition coefficient (Wildman–Crippen LogP) is 4.99. The Morgan fingerprint density at radius 3 is 2.38 bits per heavy atom. The number of hydrogen-bond acceptors (Lipinski definition) is 4. The number of thioether (sulfide) groups is 1. The number of rotatable bonds is 3. The van der Waals surface area contributed by atoms with Crippen LogP contribution in [0.25, 0.3) is 6.08 Å². The van der Waals surface area contributed by atoms with Gasteiger partial charge in [-0.05, 0) is 48.5 Å². The Morgan fingerprint density at radius 2 is 1.71 bits per heavy atom. The van der Waals surface area contributed by atoms with Gasteiger partial charge in [-0.3, -0.25) is 4.79 Å². The maximum atomic E-state index is 12.5. The molecule has 1 aliphatic rings. The first-order valence-electron chi connectivity index (χ1n) is 7.17. The third-order valence-electron chi connectivity index (χ3n) is 3.34.